The van der Waals surface area contributed by atoms with Crippen LogP contribution in [0.3, 0.4) is 0 Å². The van der Waals surface area contributed by atoms with E-state index in [-0.39, 0.29) is 0 Å². The number of halogens is 2. The molecule has 4 nitrogen and oxygen atoms in total. The van der Waals surface area contributed by atoms with Gasteiger partial charge in [-0.3, -0.25) is 5.43 Å². The number of hydrogen-bond donors (Lipinski definition) is 1. The molecule has 1 N–H and O–H groups in total. The first-order valence-corrected chi connectivity index (χ1v) is 6.11. The van der Waals surface area contributed by atoms with E-state index >= 15 is 0 Å². The van der Waals surface area contributed by atoms with E-state index in [1.807, 2.05) is 6.92 Å². The Kier molecular flexibility index (Phi) is 5.44. The molecule has 0 amide bonds. The van der Waals surface area contributed by atoms with E-state index in [1.165, 1.54) is 7.11 Å². The van der Waals surface area contributed by atoms with Gasteiger partial charge in [-0.1, -0.05) is 18.5 Å². The largest absolute Gasteiger partial charge is 0.464 e. The average molecular weight is 320 g/mol. The second-order valence-corrected chi connectivity index (χ2v) is 4.43. The fraction of sp³-hybridized carbons (Fsp3) is 0.273. The van der Waals surface area contributed by atoms with Gasteiger partial charge < -0.3 is 4.74 Å². The third-order valence-corrected chi connectivity index (χ3v) is 2.89. The highest BCUT2D eigenvalue weighted by Gasteiger charge is 2.09. The van der Waals surface area contributed by atoms with E-state index in [4.69, 9.17) is 11.6 Å². The summed E-state index contributed by atoms with van der Waals surface area (Å²) in [7, 11) is 1.33. The topological polar surface area (TPSA) is 50.7 Å². The summed E-state index contributed by atoms with van der Waals surface area (Å²) < 4.78 is 5.37. The zero-order valence-corrected chi connectivity index (χ0v) is 11.8. The van der Waals surface area contributed by atoms with Gasteiger partial charge in [0.1, 0.15) is 5.71 Å². The molecule has 1 rings (SSSR count). The SMILES string of the molecule is CC/C(=N\Nc1ccc(Cl)cc1Br)C(=O)OC. The van der Waals surface area contributed by atoms with E-state index in [9.17, 15) is 4.79 Å². The monoisotopic (exact) mass is 318 g/mol. The average Bonchev–Trinajstić information content (AvgIpc) is 2.31. The number of hydrogen-bond acceptors (Lipinski definition) is 4. The number of carbonyl (C=O) groups excluding carboxylic acids is 1. The first kappa shape index (κ1) is 14.0. The molecule has 0 aromatic heterocycles. The summed E-state index contributed by atoms with van der Waals surface area (Å²) in [5.41, 5.74) is 3.84. The van der Waals surface area contributed by atoms with Crippen LogP contribution in [-0.2, 0) is 9.53 Å². The Morgan fingerprint density at radius 3 is 2.82 bits per heavy atom. The van der Waals surface area contributed by atoms with Crippen LogP contribution in [0.4, 0.5) is 5.69 Å². The Balaban J connectivity index is 2.84. The fourth-order valence-corrected chi connectivity index (χ4v) is 1.87. The Morgan fingerprint density at radius 2 is 2.29 bits per heavy atom. The van der Waals surface area contributed by atoms with Crippen LogP contribution in [0.2, 0.25) is 5.02 Å². The molecule has 0 aliphatic heterocycles. The predicted octanol–water partition coefficient (Wildman–Crippen LogP) is 3.45. The van der Waals surface area contributed by atoms with Crippen molar-refractivity contribution in [3.8, 4) is 0 Å². The minimum atomic E-state index is -0.440. The van der Waals surface area contributed by atoms with E-state index < -0.39 is 5.97 Å². The summed E-state index contributed by atoms with van der Waals surface area (Å²) in [6.07, 6.45) is 0.491. The van der Waals surface area contributed by atoms with E-state index in [0.717, 1.165) is 10.2 Å². The minimum Gasteiger partial charge on any atom is -0.464 e. The fourth-order valence-electron chi connectivity index (χ4n) is 1.09. The van der Waals surface area contributed by atoms with Gasteiger partial charge in [-0.25, -0.2) is 4.79 Å². The second kappa shape index (κ2) is 6.61. The lowest BCUT2D eigenvalue weighted by Gasteiger charge is -2.06. The maximum absolute atomic E-state index is 11.3. The Labute approximate surface area is 113 Å². The molecule has 17 heavy (non-hydrogen) atoms. The Hall–Kier alpha value is -1.07. The summed E-state index contributed by atoms with van der Waals surface area (Å²) in [6.45, 7) is 1.83. The van der Waals surface area contributed by atoms with Crippen molar-refractivity contribution in [2.75, 3.05) is 12.5 Å². The zero-order valence-electron chi connectivity index (χ0n) is 9.46. The van der Waals surface area contributed by atoms with Gasteiger partial charge in [-0.15, -0.1) is 0 Å². The molecular weight excluding hydrogens is 307 g/mol. The van der Waals surface area contributed by atoms with Gasteiger partial charge in [-0.05, 0) is 40.5 Å². The molecule has 0 saturated heterocycles. The number of benzene rings is 1. The van der Waals surface area contributed by atoms with Crippen molar-refractivity contribution < 1.29 is 9.53 Å². The molecule has 0 bridgehead atoms. The zero-order chi connectivity index (χ0) is 12.8. The van der Waals surface area contributed by atoms with Crippen molar-refractivity contribution in [2.24, 2.45) is 5.10 Å². The quantitative estimate of drug-likeness (QED) is 0.525. The first-order chi connectivity index (χ1) is 8.08. The van der Waals surface area contributed by atoms with Gasteiger partial charge in [0.2, 0.25) is 0 Å². The lowest BCUT2D eigenvalue weighted by molar-refractivity contribution is -0.132. The summed E-state index contributed by atoms with van der Waals surface area (Å²) in [5, 5.41) is 4.61. The molecule has 6 heteroatoms. The highest BCUT2D eigenvalue weighted by atomic mass is 79.9. The molecule has 0 aliphatic rings. The summed E-state index contributed by atoms with van der Waals surface area (Å²) >= 11 is 9.15. The number of nitrogens with one attached hydrogen (secondary N) is 1. The highest BCUT2D eigenvalue weighted by Crippen LogP contribution is 2.25. The number of ether oxygens (including phenoxy) is 1. The van der Waals surface area contributed by atoms with E-state index in [2.05, 4.69) is 31.2 Å². The van der Waals surface area contributed by atoms with Crippen LogP contribution in [0.1, 0.15) is 13.3 Å². The number of carbonyl (C=O) groups is 1. The molecule has 0 radical (unpaired) electrons. The Morgan fingerprint density at radius 1 is 1.59 bits per heavy atom. The normalized spacial score (nSPS) is 11.2. The summed E-state index contributed by atoms with van der Waals surface area (Å²) in [4.78, 5) is 11.3. The van der Waals surface area contributed by atoms with Crippen molar-refractivity contribution in [3.05, 3.63) is 27.7 Å². The molecule has 1 aromatic carbocycles. The number of methoxy groups -OCH3 is 1. The lowest BCUT2D eigenvalue weighted by atomic mass is 10.3. The number of esters is 1. The third-order valence-electron chi connectivity index (χ3n) is 2.00. The van der Waals surface area contributed by atoms with E-state index in [0.29, 0.717) is 17.2 Å². The maximum Gasteiger partial charge on any atom is 0.354 e. The van der Waals surface area contributed by atoms with Gasteiger partial charge in [0.05, 0.1) is 12.8 Å². The minimum absolute atomic E-state index is 0.328. The third kappa shape index (κ3) is 4.02. The maximum atomic E-state index is 11.3. The molecule has 0 heterocycles. The van der Waals surface area contributed by atoms with Gasteiger partial charge >= 0.3 is 5.97 Å². The second-order valence-electron chi connectivity index (χ2n) is 3.14. The molecular formula is C11H12BrClN2O2. The molecule has 0 unspecified atom stereocenters. The number of anilines is 1. The van der Waals surface area contributed by atoms with Crippen LogP contribution in [0.15, 0.2) is 27.8 Å². The van der Waals surface area contributed by atoms with Crippen LogP contribution in [0.5, 0.6) is 0 Å². The van der Waals surface area contributed by atoms with Crippen molar-refractivity contribution >= 4 is 44.9 Å². The smallest absolute Gasteiger partial charge is 0.354 e. The van der Waals surface area contributed by atoms with Gasteiger partial charge in [0.15, 0.2) is 0 Å². The van der Waals surface area contributed by atoms with Crippen molar-refractivity contribution in [1.82, 2.24) is 0 Å². The highest BCUT2D eigenvalue weighted by molar-refractivity contribution is 9.10. The first-order valence-electron chi connectivity index (χ1n) is 4.94. The Bertz CT molecular complexity index is 449. The molecule has 0 spiro atoms. The molecule has 0 fully saturated rings. The van der Waals surface area contributed by atoms with Crippen LogP contribution in [0, 0.1) is 0 Å². The van der Waals surface area contributed by atoms with Crippen LogP contribution >= 0.6 is 27.5 Å². The molecule has 0 saturated carbocycles. The lowest BCUT2D eigenvalue weighted by Crippen LogP contribution is -2.16. The number of hydrazone groups is 1. The van der Waals surface area contributed by atoms with Gasteiger partial charge in [0, 0.05) is 9.50 Å². The van der Waals surface area contributed by atoms with Gasteiger partial charge in [-0.2, -0.15) is 5.10 Å². The molecule has 0 atom stereocenters. The van der Waals surface area contributed by atoms with Crippen molar-refractivity contribution in [2.45, 2.75) is 13.3 Å². The summed E-state index contributed by atoms with van der Waals surface area (Å²) in [6, 6.07) is 5.23. The number of rotatable bonds is 4. The molecule has 0 aliphatic carbocycles. The van der Waals surface area contributed by atoms with Crippen molar-refractivity contribution in [3.63, 3.8) is 0 Å². The molecule has 1 aromatic rings. The summed E-state index contributed by atoms with van der Waals surface area (Å²) in [5.74, 6) is -0.440. The van der Waals surface area contributed by atoms with Crippen LogP contribution in [-0.4, -0.2) is 18.8 Å². The van der Waals surface area contributed by atoms with Crippen molar-refractivity contribution in [1.29, 1.82) is 0 Å². The molecule has 92 valence electrons. The van der Waals surface area contributed by atoms with Crippen LogP contribution < -0.4 is 5.43 Å². The standard InChI is InChI=1S/C11H12BrClN2O2/c1-3-9(11(16)17-2)14-15-10-5-4-7(13)6-8(10)12/h4-6,15H,3H2,1-2H3/b14-9+. The van der Waals surface area contributed by atoms with Gasteiger partial charge in [0.25, 0.3) is 0 Å². The predicted molar refractivity (Wildman–Crippen MR) is 72.5 cm³/mol. The van der Waals surface area contributed by atoms with Crippen LogP contribution in [0.25, 0.3) is 0 Å². The van der Waals surface area contributed by atoms with E-state index in [1.54, 1.807) is 18.2 Å². The number of nitrogens with zero attached hydrogens (tertiary/aromatic N) is 1.